The second-order valence-electron chi connectivity index (χ2n) is 4.19. The van der Waals surface area contributed by atoms with Crippen molar-refractivity contribution < 1.29 is 18.3 Å². The van der Waals surface area contributed by atoms with Gasteiger partial charge in [0.2, 0.25) is 0 Å². The number of amides is 1. The van der Waals surface area contributed by atoms with Gasteiger partial charge >= 0.3 is 0 Å². The first kappa shape index (κ1) is 15.4. The first-order chi connectivity index (χ1) is 10.1. The van der Waals surface area contributed by atoms with Gasteiger partial charge in [0.1, 0.15) is 12.4 Å². The Morgan fingerprint density at radius 2 is 2.00 bits per heavy atom. The molecule has 21 heavy (non-hydrogen) atoms. The first-order valence-electron chi connectivity index (χ1n) is 6.18. The molecule has 0 aliphatic carbocycles. The number of hydrogen-bond donors (Lipinski definition) is 1. The van der Waals surface area contributed by atoms with Gasteiger partial charge in [0.15, 0.2) is 11.6 Å². The lowest BCUT2D eigenvalue weighted by Gasteiger charge is -2.08. The third-order valence-corrected chi connectivity index (χ3v) is 3.12. The summed E-state index contributed by atoms with van der Waals surface area (Å²) >= 11 is 3.28. The number of nitrogens with one attached hydrogen (secondary N) is 1. The Hall–Kier alpha value is -1.95. The highest BCUT2D eigenvalue weighted by Crippen LogP contribution is 2.17. The summed E-state index contributed by atoms with van der Waals surface area (Å²) in [6, 6.07) is 10.0. The molecule has 0 saturated carbocycles. The Kier molecular flexibility index (Phi) is 5.27. The number of ether oxygens (including phenoxy) is 1. The zero-order valence-corrected chi connectivity index (χ0v) is 12.5. The van der Waals surface area contributed by atoms with Crippen LogP contribution in [0.15, 0.2) is 46.9 Å². The Balaban J connectivity index is 1.80. The molecule has 6 heteroatoms. The van der Waals surface area contributed by atoms with E-state index < -0.39 is 11.6 Å². The molecule has 0 unspecified atom stereocenters. The second kappa shape index (κ2) is 7.17. The molecule has 0 heterocycles. The van der Waals surface area contributed by atoms with Crippen molar-refractivity contribution >= 4 is 21.8 Å². The third-order valence-electron chi connectivity index (χ3n) is 2.63. The molecule has 0 saturated heterocycles. The highest BCUT2D eigenvalue weighted by atomic mass is 79.9. The molecule has 0 fully saturated rings. The van der Waals surface area contributed by atoms with E-state index in [2.05, 4.69) is 21.2 Å². The summed E-state index contributed by atoms with van der Waals surface area (Å²) < 4.78 is 31.9. The smallest absolute Gasteiger partial charge is 0.251 e. The summed E-state index contributed by atoms with van der Waals surface area (Å²) in [4.78, 5) is 11.8. The number of benzene rings is 2. The zero-order valence-electron chi connectivity index (χ0n) is 10.9. The van der Waals surface area contributed by atoms with Crippen LogP contribution >= 0.6 is 15.9 Å². The molecule has 110 valence electrons. The maximum Gasteiger partial charge on any atom is 0.251 e. The fourth-order valence-corrected chi connectivity index (χ4v) is 2.05. The molecule has 2 aromatic carbocycles. The minimum atomic E-state index is -0.770. The Morgan fingerprint density at radius 1 is 1.19 bits per heavy atom. The van der Waals surface area contributed by atoms with E-state index in [1.54, 1.807) is 18.2 Å². The molecule has 1 amide bonds. The largest absolute Gasteiger partial charge is 0.489 e. The van der Waals surface area contributed by atoms with Gasteiger partial charge in [0.25, 0.3) is 5.91 Å². The fraction of sp³-hybridized carbons (Fsp3) is 0.133. The van der Waals surface area contributed by atoms with E-state index >= 15 is 0 Å². The summed E-state index contributed by atoms with van der Waals surface area (Å²) in [5.74, 6) is -1.73. The van der Waals surface area contributed by atoms with Crippen LogP contribution in [0.5, 0.6) is 5.75 Å². The van der Waals surface area contributed by atoms with E-state index in [0.717, 1.165) is 16.6 Å². The van der Waals surface area contributed by atoms with E-state index in [9.17, 15) is 13.6 Å². The van der Waals surface area contributed by atoms with Gasteiger partial charge in [0, 0.05) is 16.1 Å². The maximum atomic E-state index is 13.3. The van der Waals surface area contributed by atoms with Gasteiger partial charge in [-0.2, -0.15) is 0 Å². The van der Waals surface area contributed by atoms with Crippen LogP contribution in [-0.4, -0.2) is 19.1 Å². The van der Waals surface area contributed by atoms with Crippen LogP contribution in [0.4, 0.5) is 8.78 Å². The molecular formula is C15H12BrF2NO2. The number of carbonyl (C=O) groups is 1. The molecule has 0 aliphatic rings. The van der Waals surface area contributed by atoms with Crippen LogP contribution in [0.25, 0.3) is 0 Å². The molecule has 3 nitrogen and oxygen atoms in total. The highest BCUT2D eigenvalue weighted by molar-refractivity contribution is 9.10. The molecule has 0 atom stereocenters. The predicted octanol–water partition coefficient (Wildman–Crippen LogP) is 3.54. The second-order valence-corrected chi connectivity index (χ2v) is 5.11. The SMILES string of the molecule is O=C(NCCOc1ccc(F)cc1F)c1cccc(Br)c1. The van der Waals surface area contributed by atoms with Crippen molar-refractivity contribution in [1.29, 1.82) is 0 Å². The summed E-state index contributed by atoms with van der Waals surface area (Å²) in [6.07, 6.45) is 0. The maximum absolute atomic E-state index is 13.3. The quantitative estimate of drug-likeness (QED) is 0.833. The van der Waals surface area contributed by atoms with Crippen molar-refractivity contribution in [1.82, 2.24) is 5.32 Å². The van der Waals surface area contributed by atoms with Gasteiger partial charge in [-0.05, 0) is 30.3 Å². The van der Waals surface area contributed by atoms with Gasteiger partial charge in [0.05, 0.1) is 6.54 Å². The van der Waals surface area contributed by atoms with Gasteiger partial charge in [-0.25, -0.2) is 8.78 Å². The topological polar surface area (TPSA) is 38.3 Å². The number of hydrogen-bond acceptors (Lipinski definition) is 2. The molecule has 0 aromatic heterocycles. The van der Waals surface area contributed by atoms with Crippen molar-refractivity contribution in [3.05, 3.63) is 64.1 Å². The summed E-state index contributed by atoms with van der Waals surface area (Å²) in [5.41, 5.74) is 0.511. The Morgan fingerprint density at radius 3 is 2.71 bits per heavy atom. The lowest BCUT2D eigenvalue weighted by Crippen LogP contribution is -2.28. The molecule has 1 N–H and O–H groups in total. The van der Waals surface area contributed by atoms with Crippen LogP contribution < -0.4 is 10.1 Å². The molecule has 2 aromatic rings. The molecule has 0 bridgehead atoms. The van der Waals surface area contributed by atoms with Crippen molar-refractivity contribution in [2.24, 2.45) is 0 Å². The average molecular weight is 356 g/mol. The normalized spacial score (nSPS) is 10.2. The number of carbonyl (C=O) groups excluding carboxylic acids is 1. The van der Waals surface area contributed by atoms with Gasteiger partial charge < -0.3 is 10.1 Å². The lowest BCUT2D eigenvalue weighted by molar-refractivity contribution is 0.0946. The summed E-state index contributed by atoms with van der Waals surface area (Å²) in [7, 11) is 0. The lowest BCUT2D eigenvalue weighted by atomic mass is 10.2. The van der Waals surface area contributed by atoms with Crippen LogP contribution in [0, 0.1) is 11.6 Å². The first-order valence-corrected chi connectivity index (χ1v) is 6.97. The van der Waals surface area contributed by atoms with Crippen molar-refractivity contribution in [3.8, 4) is 5.75 Å². The minimum Gasteiger partial charge on any atom is -0.489 e. The molecule has 0 radical (unpaired) electrons. The van der Waals surface area contributed by atoms with E-state index in [1.807, 2.05) is 6.07 Å². The van der Waals surface area contributed by atoms with Crippen LogP contribution in [0.3, 0.4) is 0 Å². The van der Waals surface area contributed by atoms with Crippen LogP contribution in [0.2, 0.25) is 0 Å². The monoisotopic (exact) mass is 355 g/mol. The zero-order chi connectivity index (χ0) is 15.2. The van der Waals surface area contributed by atoms with Gasteiger partial charge in [-0.1, -0.05) is 22.0 Å². The molecule has 0 spiro atoms. The highest BCUT2D eigenvalue weighted by Gasteiger charge is 2.07. The van der Waals surface area contributed by atoms with Gasteiger partial charge in [-0.3, -0.25) is 4.79 Å². The number of rotatable bonds is 5. The van der Waals surface area contributed by atoms with Crippen molar-refractivity contribution in [3.63, 3.8) is 0 Å². The summed E-state index contributed by atoms with van der Waals surface area (Å²) in [6.45, 7) is 0.296. The average Bonchev–Trinajstić information content (AvgIpc) is 2.45. The van der Waals surface area contributed by atoms with Gasteiger partial charge in [-0.15, -0.1) is 0 Å². The fourth-order valence-electron chi connectivity index (χ4n) is 1.65. The molecular weight excluding hydrogens is 344 g/mol. The third kappa shape index (κ3) is 4.53. The Bertz CT molecular complexity index is 649. The standard InChI is InChI=1S/C15H12BrF2NO2/c16-11-3-1-2-10(8-11)15(20)19-6-7-21-14-5-4-12(17)9-13(14)18/h1-5,8-9H,6-7H2,(H,19,20). The van der Waals surface area contributed by atoms with Crippen molar-refractivity contribution in [2.75, 3.05) is 13.2 Å². The van der Waals surface area contributed by atoms with Crippen LogP contribution in [0.1, 0.15) is 10.4 Å². The van der Waals surface area contributed by atoms with E-state index in [4.69, 9.17) is 4.74 Å². The molecule has 2 rings (SSSR count). The Labute approximate surface area is 129 Å². The predicted molar refractivity (Wildman–Crippen MR) is 78.3 cm³/mol. The summed E-state index contributed by atoms with van der Waals surface area (Å²) in [5, 5.41) is 2.65. The van der Waals surface area contributed by atoms with E-state index in [0.29, 0.717) is 5.56 Å². The van der Waals surface area contributed by atoms with E-state index in [1.165, 1.54) is 6.07 Å². The van der Waals surface area contributed by atoms with Crippen molar-refractivity contribution in [2.45, 2.75) is 0 Å². The number of halogens is 3. The van der Waals surface area contributed by atoms with E-state index in [-0.39, 0.29) is 24.8 Å². The minimum absolute atomic E-state index is 0.0481. The van der Waals surface area contributed by atoms with Crippen LogP contribution in [-0.2, 0) is 0 Å². The molecule has 0 aliphatic heterocycles.